The number of piperidine rings is 2. The molecule has 3 atom stereocenters. The lowest BCUT2D eigenvalue weighted by atomic mass is 9.88. The van der Waals surface area contributed by atoms with Crippen LogP contribution in [-0.2, 0) is 0 Å². The molecule has 0 aliphatic carbocycles. The molecule has 2 heteroatoms. The van der Waals surface area contributed by atoms with Crippen molar-refractivity contribution in [2.75, 3.05) is 20.1 Å². The summed E-state index contributed by atoms with van der Waals surface area (Å²) in [6, 6.07) is 0.562. The van der Waals surface area contributed by atoms with Gasteiger partial charge in [-0.05, 0) is 25.7 Å². The van der Waals surface area contributed by atoms with Crippen molar-refractivity contribution in [2.24, 2.45) is 0 Å². The third kappa shape index (κ3) is 1.27. The van der Waals surface area contributed by atoms with Gasteiger partial charge in [-0.1, -0.05) is 0 Å². The zero-order valence-corrected chi connectivity index (χ0v) is 8.00. The second-order valence-electron chi connectivity index (χ2n) is 4.70. The number of aliphatic hydroxyl groups is 1. The molecule has 1 N–H and O–H groups in total. The molecule has 2 rings (SSSR count). The lowest BCUT2D eigenvalue weighted by Crippen LogP contribution is -2.62. The number of aliphatic hydroxyl groups excluding tert-OH is 1. The van der Waals surface area contributed by atoms with Gasteiger partial charge in [0.1, 0.15) is 12.1 Å². The fourth-order valence-corrected chi connectivity index (χ4v) is 3.04. The van der Waals surface area contributed by atoms with Gasteiger partial charge >= 0.3 is 0 Å². The van der Waals surface area contributed by atoms with Crippen molar-refractivity contribution in [3.8, 4) is 0 Å². The molecule has 2 fully saturated rings. The molecule has 1 unspecified atom stereocenters. The third-order valence-corrected chi connectivity index (χ3v) is 3.83. The van der Waals surface area contributed by atoms with Crippen molar-refractivity contribution in [1.82, 2.24) is 0 Å². The number of rotatable bonds is 0. The largest absolute Gasteiger partial charge is 0.387 e. The monoisotopic (exact) mass is 170 g/mol. The topological polar surface area (TPSA) is 20.2 Å². The van der Waals surface area contributed by atoms with Gasteiger partial charge in [-0.2, -0.15) is 0 Å². The maximum Gasteiger partial charge on any atom is 0.115 e. The Morgan fingerprint density at radius 3 is 2.58 bits per heavy atom. The zero-order chi connectivity index (χ0) is 8.60. The van der Waals surface area contributed by atoms with Gasteiger partial charge in [0.05, 0.1) is 20.1 Å². The summed E-state index contributed by atoms with van der Waals surface area (Å²) < 4.78 is 1.15. The first-order valence-electron chi connectivity index (χ1n) is 5.25. The van der Waals surface area contributed by atoms with Gasteiger partial charge in [0.15, 0.2) is 0 Å². The van der Waals surface area contributed by atoms with E-state index >= 15 is 0 Å². The maximum atomic E-state index is 9.85. The summed E-state index contributed by atoms with van der Waals surface area (Å²) in [6.07, 6.45) is 6.18. The Kier molecular flexibility index (Phi) is 2.13. The Morgan fingerprint density at radius 2 is 1.83 bits per heavy atom. The summed E-state index contributed by atoms with van der Waals surface area (Å²) in [5.41, 5.74) is 0. The van der Waals surface area contributed by atoms with E-state index in [-0.39, 0.29) is 6.10 Å². The molecule has 0 bridgehead atoms. The van der Waals surface area contributed by atoms with Crippen LogP contribution in [0.2, 0.25) is 0 Å². The predicted molar refractivity (Wildman–Crippen MR) is 48.8 cm³/mol. The van der Waals surface area contributed by atoms with Crippen molar-refractivity contribution in [2.45, 2.75) is 44.2 Å². The molecule has 2 aliphatic rings. The molecule has 2 aliphatic heterocycles. The fraction of sp³-hybridized carbons (Fsp3) is 1.00. The molecule has 12 heavy (non-hydrogen) atoms. The van der Waals surface area contributed by atoms with Crippen LogP contribution in [0.25, 0.3) is 0 Å². The number of likely N-dealkylation sites (N-methyl/N-ethyl adjacent to an activating group) is 1. The van der Waals surface area contributed by atoms with Crippen LogP contribution in [0.5, 0.6) is 0 Å². The molecule has 0 aromatic rings. The molecule has 2 saturated heterocycles. The Labute approximate surface area is 74.8 Å². The lowest BCUT2D eigenvalue weighted by Gasteiger charge is -2.49. The van der Waals surface area contributed by atoms with Crippen LogP contribution in [0, 0.1) is 0 Å². The first-order chi connectivity index (χ1) is 5.72. The van der Waals surface area contributed by atoms with Crippen LogP contribution in [0.1, 0.15) is 32.1 Å². The number of hydrogen-bond acceptors (Lipinski definition) is 1. The van der Waals surface area contributed by atoms with E-state index in [1.54, 1.807) is 0 Å². The summed E-state index contributed by atoms with van der Waals surface area (Å²) in [4.78, 5) is 0. The van der Waals surface area contributed by atoms with Crippen molar-refractivity contribution < 1.29 is 9.59 Å². The highest BCUT2D eigenvalue weighted by Gasteiger charge is 2.42. The number of hydrogen-bond donors (Lipinski definition) is 1. The molecular weight excluding hydrogens is 150 g/mol. The molecular formula is C10H20NO+. The van der Waals surface area contributed by atoms with Gasteiger partial charge in [0.25, 0.3) is 0 Å². The van der Waals surface area contributed by atoms with E-state index < -0.39 is 0 Å². The van der Waals surface area contributed by atoms with E-state index in [2.05, 4.69) is 7.05 Å². The van der Waals surface area contributed by atoms with Crippen molar-refractivity contribution in [1.29, 1.82) is 0 Å². The second kappa shape index (κ2) is 3.00. The van der Waals surface area contributed by atoms with Gasteiger partial charge in [-0.3, -0.25) is 0 Å². The Hall–Kier alpha value is -0.0800. The molecule has 0 radical (unpaired) electrons. The van der Waals surface area contributed by atoms with Crippen LogP contribution in [0.4, 0.5) is 0 Å². The van der Waals surface area contributed by atoms with E-state index in [0.717, 1.165) is 10.9 Å². The molecule has 0 amide bonds. The normalized spacial score (nSPS) is 48.5. The summed E-state index contributed by atoms with van der Waals surface area (Å²) in [7, 11) is 2.33. The van der Waals surface area contributed by atoms with Crippen molar-refractivity contribution >= 4 is 0 Å². The minimum absolute atomic E-state index is 0.0101. The molecule has 2 heterocycles. The van der Waals surface area contributed by atoms with Gasteiger partial charge in [-0.15, -0.1) is 0 Å². The molecule has 70 valence electrons. The first kappa shape index (κ1) is 8.52. The van der Waals surface area contributed by atoms with Crippen LogP contribution < -0.4 is 0 Å². The van der Waals surface area contributed by atoms with Gasteiger partial charge in [0.2, 0.25) is 0 Å². The Balaban J connectivity index is 2.12. The average Bonchev–Trinajstić information content (AvgIpc) is 2.04. The highest BCUT2D eigenvalue weighted by molar-refractivity contribution is 4.77. The van der Waals surface area contributed by atoms with E-state index in [9.17, 15) is 5.11 Å². The van der Waals surface area contributed by atoms with Crippen molar-refractivity contribution in [3.05, 3.63) is 0 Å². The molecule has 0 saturated carbocycles. The molecule has 0 spiro atoms. The van der Waals surface area contributed by atoms with E-state index in [1.165, 1.54) is 38.8 Å². The van der Waals surface area contributed by atoms with E-state index in [0.29, 0.717) is 6.04 Å². The van der Waals surface area contributed by atoms with Gasteiger partial charge in [0, 0.05) is 6.42 Å². The van der Waals surface area contributed by atoms with E-state index in [4.69, 9.17) is 0 Å². The zero-order valence-electron chi connectivity index (χ0n) is 8.00. The fourth-order valence-electron chi connectivity index (χ4n) is 3.04. The third-order valence-electron chi connectivity index (χ3n) is 3.83. The Morgan fingerprint density at radius 1 is 1.08 bits per heavy atom. The standard InChI is InChI=1S/C10H20NO/c1-11-7-3-2-5-9(11)10(12)6-4-8-11/h9-10,12H,2-8H2,1H3/q+1/t9-,10-,11?/m1/s1. The Bertz CT molecular complexity index is 167. The molecule has 0 aromatic heterocycles. The van der Waals surface area contributed by atoms with Crippen LogP contribution in [0.15, 0.2) is 0 Å². The van der Waals surface area contributed by atoms with Crippen LogP contribution in [-0.4, -0.2) is 41.9 Å². The summed E-state index contributed by atoms with van der Waals surface area (Å²) in [5.74, 6) is 0. The molecule has 0 aromatic carbocycles. The van der Waals surface area contributed by atoms with Crippen molar-refractivity contribution in [3.63, 3.8) is 0 Å². The van der Waals surface area contributed by atoms with Crippen LogP contribution in [0.3, 0.4) is 0 Å². The van der Waals surface area contributed by atoms with Gasteiger partial charge in [-0.25, -0.2) is 0 Å². The molecule has 2 nitrogen and oxygen atoms in total. The minimum atomic E-state index is -0.0101. The number of nitrogens with zero attached hydrogens (tertiary/aromatic N) is 1. The smallest absolute Gasteiger partial charge is 0.115 e. The average molecular weight is 170 g/mol. The second-order valence-corrected chi connectivity index (χ2v) is 4.70. The number of quaternary nitrogens is 1. The summed E-state index contributed by atoms with van der Waals surface area (Å²) >= 11 is 0. The lowest BCUT2D eigenvalue weighted by molar-refractivity contribution is -0.946. The number of fused-ring (bicyclic) bond motifs is 1. The first-order valence-corrected chi connectivity index (χ1v) is 5.25. The highest BCUT2D eigenvalue weighted by atomic mass is 16.3. The predicted octanol–water partition coefficient (Wildman–Crippen LogP) is 1.14. The minimum Gasteiger partial charge on any atom is -0.387 e. The maximum absolute atomic E-state index is 9.85. The summed E-state index contributed by atoms with van der Waals surface area (Å²) in [5, 5.41) is 9.85. The van der Waals surface area contributed by atoms with Crippen LogP contribution >= 0.6 is 0 Å². The quantitative estimate of drug-likeness (QED) is 0.541. The van der Waals surface area contributed by atoms with Gasteiger partial charge < -0.3 is 9.59 Å². The SMILES string of the molecule is C[N+]12CCCC[C@@H]1[C@H](O)CCC2. The highest BCUT2D eigenvalue weighted by Crippen LogP contribution is 2.31. The summed E-state index contributed by atoms with van der Waals surface area (Å²) in [6.45, 7) is 2.59. The van der Waals surface area contributed by atoms with E-state index in [1.807, 2.05) is 0 Å².